The number of nitrogens with one attached hydrogen (secondary N) is 1. The molecule has 3 aromatic heterocycles. The van der Waals surface area contributed by atoms with Crippen molar-refractivity contribution in [1.82, 2.24) is 24.5 Å². The Hall–Kier alpha value is -3.39. The van der Waals surface area contributed by atoms with Gasteiger partial charge in [0.1, 0.15) is 11.6 Å². The minimum Gasteiger partial charge on any atom is -0.483 e. The maximum atomic E-state index is 12.8. The van der Waals surface area contributed by atoms with Gasteiger partial charge in [0.2, 0.25) is 0 Å². The minimum atomic E-state index is -0.100. The van der Waals surface area contributed by atoms with Gasteiger partial charge < -0.3 is 19.4 Å². The van der Waals surface area contributed by atoms with E-state index in [0.717, 1.165) is 53.9 Å². The Morgan fingerprint density at radius 3 is 2.80 bits per heavy atom. The number of carbonyl (C=O) groups excluding carboxylic acids is 1. The van der Waals surface area contributed by atoms with Gasteiger partial charge in [-0.3, -0.25) is 9.20 Å². The summed E-state index contributed by atoms with van der Waals surface area (Å²) in [6.45, 7) is 2.03. The quantitative estimate of drug-likeness (QED) is 0.375. The normalized spacial score (nSPS) is 15.5. The van der Waals surface area contributed by atoms with Gasteiger partial charge in [-0.15, -0.1) is 10.2 Å². The summed E-state index contributed by atoms with van der Waals surface area (Å²) in [4.78, 5) is 12.8. The molecule has 0 spiro atoms. The van der Waals surface area contributed by atoms with Crippen LogP contribution in [-0.2, 0) is 22.5 Å². The van der Waals surface area contributed by atoms with Crippen LogP contribution in [0.2, 0.25) is 0 Å². The van der Waals surface area contributed by atoms with Gasteiger partial charge in [-0.1, -0.05) is 31.4 Å². The van der Waals surface area contributed by atoms with Crippen LogP contribution in [0.15, 0.2) is 54.9 Å². The van der Waals surface area contributed by atoms with Crippen LogP contribution in [-0.4, -0.2) is 51.9 Å². The lowest BCUT2D eigenvalue weighted by atomic mass is 9.71. The predicted octanol–water partition coefficient (Wildman–Crippen LogP) is 4.02. The first-order valence-electron chi connectivity index (χ1n) is 12.4. The highest BCUT2D eigenvalue weighted by Gasteiger charge is 2.34. The van der Waals surface area contributed by atoms with Crippen molar-refractivity contribution in [2.75, 3.05) is 26.9 Å². The Morgan fingerprint density at radius 2 is 1.94 bits per heavy atom. The standard InChI is InChI=1S/C27H33N5O3/c1-34-17-16-31-15-11-21-22(31)8-7-9-23(21)35-19-26(33)28-20-27(12-4-2-5-13-27)18-25-30-29-24-10-3-6-14-32(24)25/h3,6-11,14-15H,2,4-5,12-13,16-20H2,1H3,(H,28,33). The fourth-order valence-electron chi connectivity index (χ4n) is 5.25. The van der Waals surface area contributed by atoms with Crippen LogP contribution >= 0.6 is 0 Å². The van der Waals surface area contributed by atoms with Gasteiger partial charge >= 0.3 is 0 Å². The second-order valence-electron chi connectivity index (χ2n) is 9.54. The molecule has 1 N–H and O–H groups in total. The predicted molar refractivity (Wildman–Crippen MR) is 135 cm³/mol. The first-order valence-corrected chi connectivity index (χ1v) is 12.4. The highest BCUT2D eigenvalue weighted by Crippen LogP contribution is 2.38. The fourth-order valence-corrected chi connectivity index (χ4v) is 5.25. The molecule has 1 aliphatic carbocycles. The third kappa shape index (κ3) is 5.17. The summed E-state index contributed by atoms with van der Waals surface area (Å²) in [6, 6.07) is 13.9. The van der Waals surface area contributed by atoms with E-state index in [9.17, 15) is 4.79 Å². The number of aromatic nitrogens is 4. The number of rotatable bonds is 10. The van der Waals surface area contributed by atoms with Crippen LogP contribution in [0.3, 0.4) is 0 Å². The highest BCUT2D eigenvalue weighted by molar-refractivity contribution is 5.87. The van der Waals surface area contributed by atoms with Gasteiger partial charge in [0.25, 0.3) is 5.91 Å². The Kier molecular flexibility index (Phi) is 6.99. The second-order valence-corrected chi connectivity index (χ2v) is 9.54. The van der Waals surface area contributed by atoms with Gasteiger partial charge in [0, 0.05) is 44.4 Å². The monoisotopic (exact) mass is 475 g/mol. The SMILES string of the molecule is COCCn1ccc2c(OCC(=O)NCC3(Cc4nnc5ccccn45)CCCCC3)cccc21. The van der Waals surface area contributed by atoms with Crippen molar-refractivity contribution < 1.29 is 14.3 Å². The minimum absolute atomic E-state index is 0.00763. The lowest BCUT2D eigenvalue weighted by molar-refractivity contribution is -0.123. The maximum absolute atomic E-state index is 12.8. The smallest absolute Gasteiger partial charge is 0.257 e. The molecule has 0 unspecified atom stereocenters. The lowest BCUT2D eigenvalue weighted by Crippen LogP contribution is -2.42. The van der Waals surface area contributed by atoms with Crippen LogP contribution in [0.25, 0.3) is 16.6 Å². The van der Waals surface area contributed by atoms with Crippen LogP contribution in [0.1, 0.15) is 37.9 Å². The van der Waals surface area contributed by atoms with Crippen LogP contribution in [0, 0.1) is 5.41 Å². The average molecular weight is 476 g/mol. The number of hydrogen-bond acceptors (Lipinski definition) is 5. The number of amides is 1. The summed E-state index contributed by atoms with van der Waals surface area (Å²) in [7, 11) is 1.70. The van der Waals surface area contributed by atoms with E-state index in [1.807, 2.05) is 48.8 Å². The van der Waals surface area contributed by atoms with E-state index in [4.69, 9.17) is 9.47 Å². The Labute approximate surface area is 205 Å². The molecule has 35 heavy (non-hydrogen) atoms. The summed E-state index contributed by atoms with van der Waals surface area (Å²) >= 11 is 0. The van der Waals surface area contributed by atoms with Crippen molar-refractivity contribution in [3.05, 3.63) is 60.7 Å². The number of carbonyl (C=O) groups is 1. The van der Waals surface area contributed by atoms with Crippen LogP contribution in [0.5, 0.6) is 5.75 Å². The van der Waals surface area contributed by atoms with E-state index in [1.54, 1.807) is 7.11 Å². The van der Waals surface area contributed by atoms with Crippen molar-refractivity contribution >= 4 is 22.5 Å². The largest absolute Gasteiger partial charge is 0.483 e. The Morgan fingerprint density at radius 1 is 1.06 bits per heavy atom. The van der Waals surface area contributed by atoms with Gasteiger partial charge in [-0.25, -0.2) is 0 Å². The molecule has 0 radical (unpaired) electrons. The van der Waals surface area contributed by atoms with Gasteiger partial charge in [0.05, 0.1) is 12.1 Å². The molecule has 0 aliphatic heterocycles. The van der Waals surface area contributed by atoms with E-state index in [1.165, 1.54) is 19.3 Å². The molecule has 1 fully saturated rings. The summed E-state index contributed by atoms with van der Waals surface area (Å²) in [5, 5.41) is 12.9. The van der Waals surface area contributed by atoms with E-state index < -0.39 is 0 Å². The molecule has 0 bridgehead atoms. The van der Waals surface area contributed by atoms with Crippen molar-refractivity contribution in [2.45, 2.75) is 45.1 Å². The van der Waals surface area contributed by atoms with Crippen LogP contribution in [0.4, 0.5) is 0 Å². The van der Waals surface area contributed by atoms with Gasteiger partial charge in [-0.05, 0) is 48.6 Å². The molecule has 5 rings (SSSR count). The molecule has 1 amide bonds. The zero-order valence-electron chi connectivity index (χ0n) is 20.3. The summed E-state index contributed by atoms with van der Waals surface area (Å²) in [6.07, 6.45) is 10.6. The number of pyridine rings is 1. The molecule has 1 aromatic carbocycles. The Bertz CT molecular complexity index is 1290. The van der Waals surface area contributed by atoms with Crippen LogP contribution < -0.4 is 10.1 Å². The lowest BCUT2D eigenvalue weighted by Gasteiger charge is -2.37. The van der Waals surface area contributed by atoms with E-state index >= 15 is 0 Å². The molecular weight excluding hydrogens is 442 g/mol. The third-order valence-electron chi connectivity index (χ3n) is 7.16. The van der Waals surface area contributed by atoms with Crippen molar-refractivity contribution in [3.8, 4) is 5.75 Å². The zero-order chi connectivity index (χ0) is 24.1. The summed E-state index contributed by atoms with van der Waals surface area (Å²) in [5.41, 5.74) is 1.92. The van der Waals surface area contributed by atoms with E-state index in [0.29, 0.717) is 13.2 Å². The number of methoxy groups -OCH3 is 1. The summed E-state index contributed by atoms with van der Waals surface area (Å²) in [5.74, 6) is 1.57. The number of nitrogens with zero attached hydrogens (tertiary/aromatic N) is 4. The molecule has 4 aromatic rings. The number of hydrogen-bond donors (Lipinski definition) is 1. The fraction of sp³-hybridized carbons (Fsp3) is 0.444. The molecule has 0 atom stereocenters. The molecule has 0 saturated heterocycles. The Balaban J connectivity index is 1.22. The molecule has 8 heteroatoms. The first kappa shape index (κ1) is 23.4. The highest BCUT2D eigenvalue weighted by atomic mass is 16.5. The summed E-state index contributed by atoms with van der Waals surface area (Å²) < 4.78 is 15.3. The van der Waals surface area contributed by atoms with E-state index in [2.05, 4.69) is 30.5 Å². The first-order chi connectivity index (χ1) is 17.2. The number of fused-ring (bicyclic) bond motifs is 2. The molecular formula is C27H33N5O3. The number of ether oxygens (including phenoxy) is 2. The van der Waals surface area contributed by atoms with Crippen molar-refractivity contribution in [2.24, 2.45) is 5.41 Å². The third-order valence-corrected chi connectivity index (χ3v) is 7.16. The maximum Gasteiger partial charge on any atom is 0.257 e. The average Bonchev–Trinajstić information content (AvgIpc) is 3.50. The van der Waals surface area contributed by atoms with Gasteiger partial charge in [-0.2, -0.15) is 0 Å². The van der Waals surface area contributed by atoms with Crippen molar-refractivity contribution in [1.29, 1.82) is 0 Å². The van der Waals surface area contributed by atoms with Crippen molar-refractivity contribution in [3.63, 3.8) is 0 Å². The topological polar surface area (TPSA) is 82.7 Å². The molecule has 1 aliphatic rings. The second kappa shape index (κ2) is 10.5. The molecule has 1 saturated carbocycles. The molecule has 184 valence electrons. The number of benzene rings is 1. The molecule has 3 heterocycles. The van der Waals surface area contributed by atoms with Gasteiger partial charge in [0.15, 0.2) is 12.3 Å². The molecule has 8 nitrogen and oxygen atoms in total. The zero-order valence-corrected chi connectivity index (χ0v) is 20.3. The van der Waals surface area contributed by atoms with E-state index in [-0.39, 0.29) is 17.9 Å².